The van der Waals surface area contributed by atoms with Gasteiger partial charge in [0.25, 0.3) is 5.91 Å². The molecule has 0 N–H and O–H groups in total. The second-order valence-electron chi connectivity index (χ2n) is 9.77. The van der Waals surface area contributed by atoms with Crippen LogP contribution in [0.2, 0.25) is 0 Å². The molecule has 1 heterocycles. The molecule has 0 radical (unpaired) electrons. The molecule has 0 spiro atoms. The SMILES string of the molecule is COCCN(CC(=O)N1N=C(c2ccccc2F)CC1c1ccccc1OC)C(=O)CC(C)(C)C. The predicted molar refractivity (Wildman–Crippen MR) is 133 cm³/mol. The number of amides is 2. The second-order valence-corrected chi connectivity index (χ2v) is 9.77. The topological polar surface area (TPSA) is 71.4 Å². The summed E-state index contributed by atoms with van der Waals surface area (Å²) in [5.74, 6) is -0.276. The van der Waals surface area contributed by atoms with Crippen LogP contribution in [0.5, 0.6) is 5.75 Å². The number of methoxy groups -OCH3 is 2. The average Bonchev–Trinajstić information content (AvgIpc) is 3.26. The van der Waals surface area contributed by atoms with Gasteiger partial charge in [-0.3, -0.25) is 9.59 Å². The minimum atomic E-state index is -0.491. The summed E-state index contributed by atoms with van der Waals surface area (Å²) in [4.78, 5) is 28.1. The Morgan fingerprint density at radius 1 is 1.11 bits per heavy atom. The van der Waals surface area contributed by atoms with Crippen LogP contribution in [-0.2, 0) is 14.3 Å². The highest BCUT2D eigenvalue weighted by Gasteiger charge is 2.36. The fourth-order valence-corrected chi connectivity index (χ4v) is 4.08. The van der Waals surface area contributed by atoms with E-state index in [0.29, 0.717) is 36.5 Å². The van der Waals surface area contributed by atoms with Crippen molar-refractivity contribution in [2.24, 2.45) is 10.5 Å². The summed E-state index contributed by atoms with van der Waals surface area (Å²) in [5.41, 5.74) is 1.36. The highest BCUT2D eigenvalue weighted by molar-refractivity contribution is 6.03. The molecular formula is C27H34FN3O4. The number of carbonyl (C=O) groups excluding carboxylic acids is 2. The highest BCUT2D eigenvalue weighted by atomic mass is 19.1. The number of hydrogen-bond donors (Lipinski definition) is 0. The Morgan fingerprint density at radius 2 is 1.80 bits per heavy atom. The first-order chi connectivity index (χ1) is 16.6. The lowest BCUT2D eigenvalue weighted by atomic mass is 9.91. The summed E-state index contributed by atoms with van der Waals surface area (Å²) in [6.07, 6.45) is 0.616. The maximum atomic E-state index is 14.6. The Balaban J connectivity index is 1.94. The van der Waals surface area contributed by atoms with Gasteiger partial charge in [0.2, 0.25) is 5.91 Å². The van der Waals surface area contributed by atoms with E-state index in [1.165, 1.54) is 16.0 Å². The molecule has 1 unspecified atom stereocenters. The summed E-state index contributed by atoms with van der Waals surface area (Å²) in [6, 6.07) is 13.3. The number of hydrazone groups is 1. The van der Waals surface area contributed by atoms with Crippen molar-refractivity contribution in [2.45, 2.75) is 39.7 Å². The number of hydrogen-bond acceptors (Lipinski definition) is 5. The molecule has 0 saturated heterocycles. The van der Waals surface area contributed by atoms with Crippen LogP contribution >= 0.6 is 0 Å². The number of rotatable bonds is 9. The van der Waals surface area contributed by atoms with Crippen molar-refractivity contribution >= 4 is 17.5 Å². The number of para-hydroxylation sites is 1. The van der Waals surface area contributed by atoms with E-state index >= 15 is 0 Å². The van der Waals surface area contributed by atoms with Gasteiger partial charge >= 0.3 is 0 Å². The van der Waals surface area contributed by atoms with Crippen molar-refractivity contribution in [1.29, 1.82) is 0 Å². The molecule has 1 atom stereocenters. The van der Waals surface area contributed by atoms with Gasteiger partial charge in [0, 0.05) is 37.6 Å². The van der Waals surface area contributed by atoms with E-state index in [2.05, 4.69) is 5.10 Å². The molecule has 1 aliphatic rings. The number of ether oxygens (including phenoxy) is 2. The summed E-state index contributed by atoms with van der Waals surface area (Å²) in [6.45, 7) is 6.37. The lowest BCUT2D eigenvalue weighted by Gasteiger charge is -2.29. The van der Waals surface area contributed by atoms with E-state index in [-0.39, 0.29) is 30.3 Å². The maximum absolute atomic E-state index is 14.6. The number of carbonyl (C=O) groups is 2. The number of nitrogens with zero attached hydrogens (tertiary/aromatic N) is 3. The molecule has 2 amide bonds. The Hall–Kier alpha value is -3.26. The normalized spacial score (nSPS) is 15.7. The van der Waals surface area contributed by atoms with E-state index < -0.39 is 11.9 Å². The fourth-order valence-electron chi connectivity index (χ4n) is 4.08. The maximum Gasteiger partial charge on any atom is 0.262 e. The monoisotopic (exact) mass is 483 g/mol. The third-order valence-corrected chi connectivity index (χ3v) is 5.77. The third kappa shape index (κ3) is 6.66. The summed E-state index contributed by atoms with van der Waals surface area (Å²) in [7, 11) is 3.12. The molecule has 0 aliphatic carbocycles. The summed E-state index contributed by atoms with van der Waals surface area (Å²) >= 11 is 0. The van der Waals surface area contributed by atoms with Crippen LogP contribution < -0.4 is 4.74 Å². The quantitative estimate of drug-likeness (QED) is 0.529. The van der Waals surface area contributed by atoms with Gasteiger partial charge in [-0.15, -0.1) is 0 Å². The van der Waals surface area contributed by atoms with Gasteiger partial charge in [-0.25, -0.2) is 9.40 Å². The van der Waals surface area contributed by atoms with Gasteiger partial charge in [0.15, 0.2) is 0 Å². The van der Waals surface area contributed by atoms with Gasteiger partial charge < -0.3 is 14.4 Å². The molecule has 2 aromatic rings. The molecule has 2 aromatic carbocycles. The zero-order chi connectivity index (χ0) is 25.6. The smallest absolute Gasteiger partial charge is 0.262 e. The molecular weight excluding hydrogens is 449 g/mol. The first kappa shape index (κ1) is 26.3. The van der Waals surface area contributed by atoms with E-state index in [0.717, 1.165) is 5.56 Å². The lowest BCUT2D eigenvalue weighted by Crippen LogP contribution is -2.43. The molecule has 7 nitrogen and oxygen atoms in total. The number of benzene rings is 2. The number of halogens is 1. The molecule has 0 saturated carbocycles. The van der Waals surface area contributed by atoms with Gasteiger partial charge in [-0.2, -0.15) is 5.10 Å². The van der Waals surface area contributed by atoms with E-state index in [9.17, 15) is 14.0 Å². The Kier molecular flexibility index (Phi) is 8.62. The summed E-state index contributed by atoms with van der Waals surface area (Å²) in [5, 5.41) is 5.92. The van der Waals surface area contributed by atoms with Crippen molar-refractivity contribution in [1.82, 2.24) is 9.91 Å². The minimum absolute atomic E-state index is 0.130. The van der Waals surface area contributed by atoms with Crippen molar-refractivity contribution in [2.75, 3.05) is 33.9 Å². The highest BCUT2D eigenvalue weighted by Crippen LogP contribution is 2.37. The minimum Gasteiger partial charge on any atom is -0.496 e. The van der Waals surface area contributed by atoms with Crippen LogP contribution in [-0.4, -0.2) is 61.4 Å². The Labute approximate surface area is 206 Å². The van der Waals surface area contributed by atoms with Crippen LogP contribution in [0.15, 0.2) is 53.6 Å². The van der Waals surface area contributed by atoms with Crippen molar-refractivity contribution in [3.63, 3.8) is 0 Å². The predicted octanol–water partition coefficient (Wildman–Crippen LogP) is 4.42. The molecule has 0 fully saturated rings. The van der Waals surface area contributed by atoms with Gasteiger partial charge in [0.05, 0.1) is 25.5 Å². The lowest BCUT2D eigenvalue weighted by molar-refractivity contribution is -0.143. The van der Waals surface area contributed by atoms with Crippen LogP contribution in [0, 0.1) is 11.2 Å². The van der Waals surface area contributed by atoms with Crippen LogP contribution in [0.3, 0.4) is 0 Å². The third-order valence-electron chi connectivity index (χ3n) is 5.77. The van der Waals surface area contributed by atoms with Crippen LogP contribution in [0.25, 0.3) is 0 Å². The Morgan fingerprint density at radius 3 is 2.46 bits per heavy atom. The zero-order valence-electron chi connectivity index (χ0n) is 21.1. The Bertz CT molecular complexity index is 1080. The van der Waals surface area contributed by atoms with Gasteiger partial charge in [-0.05, 0) is 17.5 Å². The van der Waals surface area contributed by atoms with Crippen LogP contribution in [0.4, 0.5) is 4.39 Å². The molecule has 35 heavy (non-hydrogen) atoms. The average molecular weight is 484 g/mol. The molecule has 3 rings (SSSR count). The summed E-state index contributed by atoms with van der Waals surface area (Å²) < 4.78 is 25.3. The molecule has 188 valence electrons. The van der Waals surface area contributed by atoms with Gasteiger partial charge in [0.1, 0.15) is 18.1 Å². The standard InChI is InChI=1S/C27H34FN3O4/c1-27(2,3)17-25(32)30(14-15-34-4)18-26(33)31-23(20-11-7-9-13-24(20)35-5)16-22(29-31)19-10-6-8-12-21(19)28/h6-13,23H,14-18H2,1-5H3. The molecule has 1 aliphatic heterocycles. The van der Waals surface area contributed by atoms with E-state index in [4.69, 9.17) is 9.47 Å². The van der Waals surface area contributed by atoms with Gasteiger partial charge in [-0.1, -0.05) is 57.2 Å². The molecule has 8 heteroatoms. The van der Waals surface area contributed by atoms with Crippen molar-refractivity contribution in [3.8, 4) is 5.75 Å². The van der Waals surface area contributed by atoms with E-state index in [1.807, 2.05) is 45.0 Å². The first-order valence-corrected chi connectivity index (χ1v) is 11.7. The molecule has 0 aromatic heterocycles. The zero-order valence-corrected chi connectivity index (χ0v) is 21.1. The van der Waals surface area contributed by atoms with Crippen molar-refractivity contribution in [3.05, 3.63) is 65.5 Å². The van der Waals surface area contributed by atoms with Crippen LogP contribution in [0.1, 0.15) is 50.8 Å². The fraction of sp³-hybridized carbons (Fsp3) is 0.444. The first-order valence-electron chi connectivity index (χ1n) is 11.7. The van der Waals surface area contributed by atoms with E-state index in [1.54, 1.807) is 32.4 Å². The second kappa shape index (κ2) is 11.4. The molecule has 0 bridgehead atoms. The van der Waals surface area contributed by atoms with Crippen molar-refractivity contribution < 1.29 is 23.5 Å². The largest absolute Gasteiger partial charge is 0.496 e.